The third-order valence-corrected chi connectivity index (χ3v) is 6.47. The summed E-state index contributed by atoms with van der Waals surface area (Å²) in [6, 6.07) is 12.0. The van der Waals surface area contributed by atoms with Crippen LogP contribution >= 0.6 is 50.5 Å². The van der Waals surface area contributed by atoms with Gasteiger partial charge in [-0.3, -0.25) is 0 Å². The molecule has 2 aromatic carbocycles. The number of halogens is 3. The molecule has 1 aromatic heterocycles. The molecule has 3 nitrogen and oxygen atoms in total. The fourth-order valence-electron chi connectivity index (χ4n) is 2.86. The van der Waals surface area contributed by atoms with E-state index in [1.165, 1.54) is 4.70 Å². The molecular weight excluding hydrogens is 429 g/mol. The van der Waals surface area contributed by atoms with Crippen LogP contribution in [0.2, 0.25) is 10.0 Å². The van der Waals surface area contributed by atoms with Gasteiger partial charge in [-0.15, -0.1) is 0 Å². The zero-order chi connectivity index (χ0) is 16.7. The van der Waals surface area contributed by atoms with E-state index in [0.29, 0.717) is 10.0 Å². The summed E-state index contributed by atoms with van der Waals surface area (Å²) in [7, 11) is 0. The SMILES string of the molecule is Clc1ccc(N2CCN(c3nc4ccc(Br)cc4s3)CC2)cc1Cl. The highest BCUT2D eigenvalue weighted by Gasteiger charge is 2.20. The van der Waals surface area contributed by atoms with Crippen molar-refractivity contribution in [3.8, 4) is 0 Å². The van der Waals surface area contributed by atoms with Crippen molar-refractivity contribution < 1.29 is 0 Å². The fraction of sp³-hybridized carbons (Fsp3) is 0.235. The van der Waals surface area contributed by atoms with Crippen LogP contribution in [0.25, 0.3) is 10.2 Å². The molecule has 1 fully saturated rings. The lowest BCUT2D eigenvalue weighted by Gasteiger charge is -2.36. The number of piperazine rings is 1. The Hall–Kier alpha value is -1.01. The van der Waals surface area contributed by atoms with E-state index in [0.717, 1.165) is 47.0 Å². The van der Waals surface area contributed by atoms with E-state index in [1.54, 1.807) is 11.3 Å². The predicted octanol–water partition coefficient (Wildman–Crippen LogP) is 5.69. The highest BCUT2D eigenvalue weighted by atomic mass is 79.9. The summed E-state index contributed by atoms with van der Waals surface area (Å²) in [6.07, 6.45) is 0. The molecule has 1 aliphatic heterocycles. The van der Waals surface area contributed by atoms with E-state index in [-0.39, 0.29) is 0 Å². The number of benzene rings is 2. The molecule has 4 rings (SSSR count). The molecule has 0 unspecified atom stereocenters. The maximum atomic E-state index is 6.13. The second kappa shape index (κ2) is 6.71. The van der Waals surface area contributed by atoms with Crippen molar-refractivity contribution in [1.82, 2.24) is 4.98 Å². The minimum absolute atomic E-state index is 0.597. The highest BCUT2D eigenvalue weighted by Crippen LogP contribution is 2.32. The average Bonchev–Trinajstić information content (AvgIpc) is 3.00. The van der Waals surface area contributed by atoms with E-state index in [9.17, 15) is 0 Å². The molecule has 1 saturated heterocycles. The van der Waals surface area contributed by atoms with Crippen molar-refractivity contribution in [2.24, 2.45) is 0 Å². The lowest BCUT2D eigenvalue weighted by molar-refractivity contribution is 0.652. The number of aromatic nitrogens is 1. The van der Waals surface area contributed by atoms with Crippen molar-refractivity contribution in [3.05, 3.63) is 50.9 Å². The van der Waals surface area contributed by atoms with E-state index in [2.05, 4.69) is 37.9 Å². The molecule has 0 spiro atoms. The standard InChI is InChI=1S/C17H14BrCl2N3S/c18-11-1-4-15-16(9-11)24-17(21-15)23-7-5-22(6-8-23)12-2-3-13(19)14(20)10-12/h1-4,9-10H,5-8H2. The van der Waals surface area contributed by atoms with Crippen molar-refractivity contribution in [1.29, 1.82) is 0 Å². The molecule has 24 heavy (non-hydrogen) atoms. The Morgan fingerprint density at radius 3 is 2.42 bits per heavy atom. The molecule has 2 heterocycles. The van der Waals surface area contributed by atoms with Gasteiger partial charge >= 0.3 is 0 Å². The van der Waals surface area contributed by atoms with Crippen molar-refractivity contribution in [2.75, 3.05) is 36.0 Å². The summed E-state index contributed by atoms with van der Waals surface area (Å²) in [5, 5.41) is 2.30. The monoisotopic (exact) mass is 441 g/mol. The molecular formula is C17H14BrCl2N3S. The molecule has 0 aliphatic carbocycles. The molecule has 0 N–H and O–H groups in total. The maximum absolute atomic E-state index is 6.13. The third kappa shape index (κ3) is 3.23. The Balaban J connectivity index is 1.49. The van der Waals surface area contributed by atoms with Crippen LogP contribution in [0.1, 0.15) is 0 Å². The predicted molar refractivity (Wildman–Crippen MR) is 108 cm³/mol. The Labute approximate surface area is 162 Å². The lowest BCUT2D eigenvalue weighted by atomic mass is 10.2. The number of hydrogen-bond acceptors (Lipinski definition) is 4. The van der Waals surface area contributed by atoms with Crippen LogP contribution in [0, 0.1) is 0 Å². The lowest BCUT2D eigenvalue weighted by Crippen LogP contribution is -2.46. The fourth-order valence-corrected chi connectivity index (χ4v) is 4.72. The van der Waals surface area contributed by atoms with Crippen LogP contribution in [0.4, 0.5) is 10.8 Å². The van der Waals surface area contributed by atoms with Crippen LogP contribution < -0.4 is 9.80 Å². The topological polar surface area (TPSA) is 19.4 Å². The number of nitrogens with zero attached hydrogens (tertiary/aromatic N) is 3. The van der Waals surface area contributed by atoms with Crippen molar-refractivity contribution >= 4 is 71.5 Å². The first-order chi connectivity index (χ1) is 11.6. The van der Waals surface area contributed by atoms with Crippen LogP contribution in [0.3, 0.4) is 0 Å². The normalized spacial score (nSPS) is 15.3. The number of rotatable bonds is 2. The van der Waals surface area contributed by atoms with Crippen LogP contribution in [-0.4, -0.2) is 31.2 Å². The van der Waals surface area contributed by atoms with Gasteiger partial charge in [0.1, 0.15) is 0 Å². The van der Waals surface area contributed by atoms with Gasteiger partial charge in [0.25, 0.3) is 0 Å². The summed E-state index contributed by atoms with van der Waals surface area (Å²) < 4.78 is 2.31. The second-order valence-electron chi connectivity index (χ2n) is 5.68. The van der Waals surface area contributed by atoms with Gasteiger partial charge in [-0.25, -0.2) is 4.98 Å². The minimum atomic E-state index is 0.597. The molecule has 1 aliphatic rings. The van der Waals surface area contributed by atoms with Gasteiger partial charge < -0.3 is 9.80 Å². The summed E-state index contributed by atoms with van der Waals surface area (Å²) in [5.74, 6) is 0. The number of thiazole rings is 1. The van der Waals surface area contributed by atoms with Gasteiger partial charge in [-0.2, -0.15) is 0 Å². The first-order valence-corrected chi connectivity index (χ1v) is 9.98. The van der Waals surface area contributed by atoms with Crippen LogP contribution in [0.5, 0.6) is 0 Å². The largest absolute Gasteiger partial charge is 0.368 e. The smallest absolute Gasteiger partial charge is 0.186 e. The molecule has 0 atom stereocenters. The number of anilines is 2. The Bertz CT molecular complexity index is 891. The van der Waals surface area contributed by atoms with Crippen LogP contribution in [-0.2, 0) is 0 Å². The van der Waals surface area contributed by atoms with Gasteiger partial charge in [0.2, 0.25) is 0 Å². The highest BCUT2D eigenvalue weighted by molar-refractivity contribution is 9.10. The van der Waals surface area contributed by atoms with E-state index >= 15 is 0 Å². The summed E-state index contributed by atoms with van der Waals surface area (Å²) >= 11 is 17.4. The first kappa shape index (κ1) is 16.5. The molecule has 124 valence electrons. The Morgan fingerprint density at radius 1 is 0.917 bits per heavy atom. The molecule has 0 bridgehead atoms. The second-order valence-corrected chi connectivity index (χ2v) is 8.42. The van der Waals surface area contributed by atoms with Gasteiger partial charge in [-0.1, -0.05) is 50.5 Å². The van der Waals surface area contributed by atoms with Gasteiger partial charge in [-0.05, 0) is 36.4 Å². The average molecular weight is 443 g/mol. The Kier molecular flexibility index (Phi) is 4.60. The van der Waals surface area contributed by atoms with Gasteiger partial charge in [0, 0.05) is 36.3 Å². The quantitative estimate of drug-likeness (QED) is 0.507. The maximum Gasteiger partial charge on any atom is 0.186 e. The third-order valence-electron chi connectivity index (χ3n) is 4.16. The van der Waals surface area contributed by atoms with E-state index in [1.807, 2.05) is 24.3 Å². The minimum Gasteiger partial charge on any atom is -0.368 e. The summed E-state index contributed by atoms with van der Waals surface area (Å²) in [6.45, 7) is 3.78. The molecule has 0 radical (unpaired) electrons. The summed E-state index contributed by atoms with van der Waals surface area (Å²) in [5.41, 5.74) is 2.18. The van der Waals surface area contributed by atoms with E-state index < -0.39 is 0 Å². The molecule has 0 amide bonds. The van der Waals surface area contributed by atoms with E-state index in [4.69, 9.17) is 28.2 Å². The molecule has 0 saturated carbocycles. The van der Waals surface area contributed by atoms with Gasteiger partial charge in [0.15, 0.2) is 5.13 Å². The zero-order valence-corrected chi connectivity index (χ0v) is 16.6. The van der Waals surface area contributed by atoms with Crippen molar-refractivity contribution in [2.45, 2.75) is 0 Å². The number of hydrogen-bond donors (Lipinski definition) is 0. The zero-order valence-electron chi connectivity index (χ0n) is 12.7. The number of fused-ring (bicyclic) bond motifs is 1. The first-order valence-electron chi connectivity index (χ1n) is 7.61. The molecule has 7 heteroatoms. The van der Waals surface area contributed by atoms with Gasteiger partial charge in [0.05, 0.1) is 20.3 Å². The molecule has 3 aromatic rings. The summed E-state index contributed by atoms with van der Waals surface area (Å²) in [4.78, 5) is 9.46. The van der Waals surface area contributed by atoms with Crippen molar-refractivity contribution in [3.63, 3.8) is 0 Å². The van der Waals surface area contributed by atoms with Crippen LogP contribution in [0.15, 0.2) is 40.9 Å². The Morgan fingerprint density at radius 2 is 1.67 bits per heavy atom.